The van der Waals surface area contributed by atoms with E-state index in [1.165, 1.54) is 54.2 Å². The van der Waals surface area contributed by atoms with Gasteiger partial charge < -0.3 is 5.32 Å². The number of rotatable bonds is 5. The van der Waals surface area contributed by atoms with E-state index in [-0.39, 0.29) is 0 Å². The number of aryl methyl sites for hydroxylation is 2. The summed E-state index contributed by atoms with van der Waals surface area (Å²) in [4.78, 5) is 5.89. The van der Waals surface area contributed by atoms with Crippen LogP contribution in [0, 0.1) is 25.7 Å². The Bertz CT molecular complexity index is 365. The molecule has 18 heavy (non-hydrogen) atoms. The van der Waals surface area contributed by atoms with Crippen molar-refractivity contribution in [3.05, 3.63) is 15.6 Å². The molecule has 0 aromatic carbocycles. The van der Waals surface area contributed by atoms with Crippen molar-refractivity contribution >= 4 is 11.3 Å². The minimum Gasteiger partial charge on any atom is -0.312 e. The summed E-state index contributed by atoms with van der Waals surface area (Å²) >= 11 is 1.83. The van der Waals surface area contributed by atoms with Gasteiger partial charge in [-0.25, -0.2) is 4.98 Å². The summed E-state index contributed by atoms with van der Waals surface area (Å²) in [7, 11) is 0. The number of aromatic nitrogens is 1. The summed E-state index contributed by atoms with van der Waals surface area (Å²) in [5.74, 6) is 1.91. The molecule has 1 heterocycles. The summed E-state index contributed by atoms with van der Waals surface area (Å²) < 4.78 is 0. The third-order valence-electron chi connectivity index (χ3n) is 4.26. The Morgan fingerprint density at radius 2 is 1.83 bits per heavy atom. The number of nitrogens with one attached hydrogen (secondary N) is 1. The molecule has 0 amide bonds. The standard InChI is InChI=1S/C15H26N2S/c1-4-13-5-7-14(8-6-13)9-16-10-15-11(2)17-12(3)18-15/h13-14,16H,4-10H2,1-3H3. The molecule has 2 nitrogen and oxygen atoms in total. The van der Waals surface area contributed by atoms with E-state index in [1.807, 2.05) is 11.3 Å². The van der Waals surface area contributed by atoms with Gasteiger partial charge in [0.05, 0.1) is 10.7 Å². The van der Waals surface area contributed by atoms with E-state index >= 15 is 0 Å². The van der Waals surface area contributed by atoms with Gasteiger partial charge in [0.25, 0.3) is 0 Å². The molecule has 0 bridgehead atoms. The van der Waals surface area contributed by atoms with Gasteiger partial charge >= 0.3 is 0 Å². The Hall–Kier alpha value is -0.410. The summed E-state index contributed by atoms with van der Waals surface area (Å²) in [6.07, 6.45) is 7.11. The molecule has 1 N–H and O–H groups in total. The van der Waals surface area contributed by atoms with Crippen LogP contribution in [-0.4, -0.2) is 11.5 Å². The van der Waals surface area contributed by atoms with E-state index in [1.54, 1.807) is 0 Å². The van der Waals surface area contributed by atoms with Crippen molar-refractivity contribution in [2.45, 2.75) is 59.4 Å². The van der Waals surface area contributed by atoms with Crippen LogP contribution in [0.1, 0.15) is 54.6 Å². The Balaban J connectivity index is 1.68. The van der Waals surface area contributed by atoms with Gasteiger partial charge in [-0.05, 0) is 45.1 Å². The lowest BCUT2D eigenvalue weighted by Gasteiger charge is -2.27. The molecule has 2 rings (SSSR count). The molecule has 0 unspecified atom stereocenters. The first-order valence-electron chi connectivity index (χ1n) is 7.32. The average Bonchev–Trinajstić information content (AvgIpc) is 2.69. The zero-order valence-corrected chi connectivity index (χ0v) is 12.8. The number of hydrogen-bond acceptors (Lipinski definition) is 3. The smallest absolute Gasteiger partial charge is 0.0900 e. The molecule has 1 fully saturated rings. The maximum atomic E-state index is 4.48. The quantitative estimate of drug-likeness (QED) is 0.869. The highest BCUT2D eigenvalue weighted by Gasteiger charge is 2.19. The Labute approximate surface area is 115 Å². The predicted molar refractivity (Wildman–Crippen MR) is 79.0 cm³/mol. The minimum absolute atomic E-state index is 0.905. The van der Waals surface area contributed by atoms with Crippen molar-refractivity contribution < 1.29 is 0 Å². The first-order chi connectivity index (χ1) is 8.69. The Kier molecular flexibility index (Phi) is 5.19. The van der Waals surface area contributed by atoms with Crippen molar-refractivity contribution in [1.82, 2.24) is 10.3 Å². The van der Waals surface area contributed by atoms with Crippen LogP contribution in [0.15, 0.2) is 0 Å². The van der Waals surface area contributed by atoms with Crippen LogP contribution in [0.2, 0.25) is 0 Å². The number of thiazole rings is 1. The predicted octanol–water partition coefficient (Wildman–Crippen LogP) is 4.07. The number of nitrogens with zero attached hydrogens (tertiary/aromatic N) is 1. The van der Waals surface area contributed by atoms with Gasteiger partial charge in [-0.15, -0.1) is 11.3 Å². The van der Waals surface area contributed by atoms with Crippen LogP contribution < -0.4 is 5.32 Å². The van der Waals surface area contributed by atoms with Crippen LogP contribution in [0.25, 0.3) is 0 Å². The fraction of sp³-hybridized carbons (Fsp3) is 0.800. The van der Waals surface area contributed by atoms with Gasteiger partial charge in [-0.3, -0.25) is 0 Å². The first kappa shape index (κ1) is 14.0. The lowest BCUT2D eigenvalue weighted by molar-refractivity contribution is 0.262. The molecule has 1 aromatic heterocycles. The highest BCUT2D eigenvalue weighted by molar-refractivity contribution is 7.11. The van der Waals surface area contributed by atoms with Crippen molar-refractivity contribution in [3.63, 3.8) is 0 Å². The van der Waals surface area contributed by atoms with E-state index in [0.29, 0.717) is 0 Å². The molecule has 102 valence electrons. The lowest BCUT2D eigenvalue weighted by Crippen LogP contribution is -2.26. The van der Waals surface area contributed by atoms with E-state index in [2.05, 4.69) is 31.1 Å². The monoisotopic (exact) mass is 266 g/mol. The first-order valence-corrected chi connectivity index (χ1v) is 8.14. The molecule has 1 aromatic rings. The van der Waals surface area contributed by atoms with Crippen molar-refractivity contribution in [3.8, 4) is 0 Å². The molecular weight excluding hydrogens is 240 g/mol. The van der Waals surface area contributed by atoms with Crippen molar-refractivity contribution in [1.29, 1.82) is 0 Å². The molecule has 0 atom stereocenters. The molecule has 3 heteroatoms. The largest absolute Gasteiger partial charge is 0.312 e. The molecule has 0 radical (unpaired) electrons. The van der Waals surface area contributed by atoms with Gasteiger partial charge in [-0.1, -0.05) is 26.2 Å². The Morgan fingerprint density at radius 3 is 2.39 bits per heavy atom. The van der Waals surface area contributed by atoms with Gasteiger partial charge in [0, 0.05) is 11.4 Å². The third kappa shape index (κ3) is 3.79. The van der Waals surface area contributed by atoms with Crippen molar-refractivity contribution in [2.24, 2.45) is 11.8 Å². The number of hydrogen-bond donors (Lipinski definition) is 1. The van der Waals surface area contributed by atoms with Gasteiger partial charge in [0.15, 0.2) is 0 Å². The maximum absolute atomic E-state index is 4.48. The van der Waals surface area contributed by atoms with Crippen LogP contribution >= 0.6 is 11.3 Å². The molecule has 1 aliphatic rings. The molecule has 1 saturated carbocycles. The summed E-state index contributed by atoms with van der Waals surface area (Å²) in [6, 6.07) is 0. The van der Waals surface area contributed by atoms with E-state index < -0.39 is 0 Å². The second-order valence-corrected chi connectivity index (χ2v) is 6.96. The lowest BCUT2D eigenvalue weighted by atomic mass is 9.81. The van der Waals surface area contributed by atoms with Crippen LogP contribution in [-0.2, 0) is 6.54 Å². The summed E-state index contributed by atoms with van der Waals surface area (Å²) in [6.45, 7) is 8.73. The third-order valence-corrected chi connectivity index (χ3v) is 5.33. The highest BCUT2D eigenvalue weighted by atomic mass is 32.1. The highest BCUT2D eigenvalue weighted by Crippen LogP contribution is 2.30. The second-order valence-electron chi connectivity index (χ2n) is 5.67. The zero-order chi connectivity index (χ0) is 13.0. The summed E-state index contributed by atoms with van der Waals surface area (Å²) in [5, 5.41) is 4.82. The normalized spacial score (nSPS) is 24.4. The fourth-order valence-corrected chi connectivity index (χ4v) is 3.88. The Morgan fingerprint density at radius 1 is 1.17 bits per heavy atom. The van der Waals surface area contributed by atoms with Crippen LogP contribution in [0.3, 0.4) is 0 Å². The zero-order valence-electron chi connectivity index (χ0n) is 12.0. The SMILES string of the molecule is CCC1CCC(CNCc2sc(C)nc2C)CC1. The van der Waals surface area contributed by atoms with E-state index in [4.69, 9.17) is 0 Å². The van der Waals surface area contributed by atoms with Gasteiger partial charge in [-0.2, -0.15) is 0 Å². The minimum atomic E-state index is 0.905. The maximum Gasteiger partial charge on any atom is 0.0900 e. The van der Waals surface area contributed by atoms with Gasteiger partial charge in [0.2, 0.25) is 0 Å². The molecule has 0 spiro atoms. The molecular formula is C15H26N2S. The fourth-order valence-electron chi connectivity index (χ4n) is 2.97. The van der Waals surface area contributed by atoms with E-state index in [0.717, 1.165) is 18.4 Å². The topological polar surface area (TPSA) is 24.9 Å². The summed E-state index contributed by atoms with van der Waals surface area (Å²) in [5.41, 5.74) is 1.21. The molecule has 1 aliphatic carbocycles. The van der Waals surface area contributed by atoms with Crippen LogP contribution in [0.4, 0.5) is 0 Å². The van der Waals surface area contributed by atoms with E-state index in [9.17, 15) is 0 Å². The van der Waals surface area contributed by atoms with Gasteiger partial charge in [0.1, 0.15) is 0 Å². The molecule has 0 saturated heterocycles. The average molecular weight is 266 g/mol. The second kappa shape index (κ2) is 6.67. The van der Waals surface area contributed by atoms with Crippen molar-refractivity contribution in [2.75, 3.05) is 6.54 Å². The molecule has 0 aliphatic heterocycles. The van der Waals surface area contributed by atoms with Crippen LogP contribution in [0.5, 0.6) is 0 Å².